The molecule has 1 atom stereocenters. The maximum absolute atomic E-state index is 12.7. The van der Waals surface area contributed by atoms with E-state index in [1.807, 2.05) is 0 Å². The van der Waals surface area contributed by atoms with E-state index in [0.717, 1.165) is 11.0 Å². The van der Waals surface area contributed by atoms with Gasteiger partial charge >= 0.3 is 6.18 Å². The molecule has 3 rings (SSSR count). The molecule has 0 radical (unpaired) electrons. The standard InChI is InChI=1S/C13H11F3N4O3/c14-13(15,16)8-4-6-3-7(5-18-9(6)19-8)20-2-1-12(23,10(17)21)11(20)22/h3-5,23H,1-2H2,(H2,17,21)(H,18,19). The van der Waals surface area contributed by atoms with Crippen LogP contribution in [-0.2, 0) is 15.8 Å². The van der Waals surface area contributed by atoms with Gasteiger partial charge in [0.2, 0.25) is 5.60 Å². The molecule has 2 aromatic rings. The SMILES string of the molecule is NC(=O)C1(O)CCN(c2cnc3[nH]c(C(F)(F)F)cc3c2)C1=O. The summed E-state index contributed by atoms with van der Waals surface area (Å²) >= 11 is 0. The van der Waals surface area contributed by atoms with Crippen LogP contribution in [-0.4, -0.2) is 39.0 Å². The van der Waals surface area contributed by atoms with Crippen molar-refractivity contribution in [3.8, 4) is 0 Å². The Labute approximate surface area is 126 Å². The predicted octanol–water partition coefficient (Wildman–Crippen LogP) is 0.535. The van der Waals surface area contributed by atoms with Crippen LogP contribution in [0.25, 0.3) is 11.0 Å². The number of hydrogen-bond donors (Lipinski definition) is 3. The summed E-state index contributed by atoms with van der Waals surface area (Å²) in [6.45, 7) is 0.00199. The van der Waals surface area contributed by atoms with Crippen molar-refractivity contribution in [3.63, 3.8) is 0 Å². The summed E-state index contributed by atoms with van der Waals surface area (Å²) in [6, 6.07) is 2.19. The summed E-state index contributed by atoms with van der Waals surface area (Å²) < 4.78 is 38.0. The average Bonchev–Trinajstić information content (AvgIpc) is 3.01. The van der Waals surface area contributed by atoms with Gasteiger partial charge in [-0.1, -0.05) is 0 Å². The highest BCUT2D eigenvalue weighted by atomic mass is 19.4. The molecule has 122 valence electrons. The maximum Gasteiger partial charge on any atom is 0.431 e. The van der Waals surface area contributed by atoms with E-state index < -0.39 is 29.3 Å². The first kappa shape index (κ1) is 15.3. The van der Waals surface area contributed by atoms with Crippen LogP contribution in [0.15, 0.2) is 18.3 Å². The monoisotopic (exact) mass is 328 g/mol. The Kier molecular flexibility index (Phi) is 3.11. The topological polar surface area (TPSA) is 112 Å². The number of pyridine rings is 1. The molecule has 1 unspecified atom stereocenters. The molecule has 0 aromatic carbocycles. The van der Waals surface area contributed by atoms with Gasteiger partial charge < -0.3 is 20.7 Å². The number of H-pyrrole nitrogens is 1. The number of nitrogens with zero attached hydrogens (tertiary/aromatic N) is 2. The van der Waals surface area contributed by atoms with Gasteiger partial charge in [-0.05, 0) is 12.1 Å². The molecule has 1 aliphatic rings. The lowest BCUT2D eigenvalue weighted by Gasteiger charge is -2.19. The molecule has 2 aromatic heterocycles. The molecule has 23 heavy (non-hydrogen) atoms. The molecule has 1 fully saturated rings. The van der Waals surface area contributed by atoms with Crippen LogP contribution < -0.4 is 10.6 Å². The number of rotatable bonds is 2. The average molecular weight is 328 g/mol. The van der Waals surface area contributed by atoms with E-state index in [1.165, 1.54) is 12.3 Å². The first-order valence-corrected chi connectivity index (χ1v) is 6.53. The van der Waals surface area contributed by atoms with Crippen molar-refractivity contribution >= 4 is 28.5 Å². The minimum atomic E-state index is -4.55. The van der Waals surface area contributed by atoms with Gasteiger partial charge in [-0.15, -0.1) is 0 Å². The number of aromatic nitrogens is 2. The third-order valence-electron chi connectivity index (χ3n) is 3.78. The summed E-state index contributed by atoms with van der Waals surface area (Å²) in [5.41, 5.74) is 1.95. The van der Waals surface area contributed by atoms with E-state index in [2.05, 4.69) is 9.97 Å². The van der Waals surface area contributed by atoms with E-state index in [4.69, 9.17) is 5.73 Å². The van der Waals surface area contributed by atoms with Gasteiger partial charge in [0.25, 0.3) is 11.8 Å². The third kappa shape index (κ3) is 2.31. The molecule has 1 aliphatic heterocycles. The van der Waals surface area contributed by atoms with Gasteiger partial charge in [0, 0.05) is 18.4 Å². The summed E-state index contributed by atoms with van der Waals surface area (Å²) in [7, 11) is 0. The maximum atomic E-state index is 12.7. The van der Waals surface area contributed by atoms with Crippen LogP contribution in [0.4, 0.5) is 18.9 Å². The minimum absolute atomic E-state index is 0.00199. The normalized spacial score (nSPS) is 22.1. The number of carbonyl (C=O) groups is 2. The van der Waals surface area contributed by atoms with Crippen molar-refractivity contribution < 1.29 is 27.9 Å². The van der Waals surface area contributed by atoms with Crippen LogP contribution in [0.3, 0.4) is 0 Å². The van der Waals surface area contributed by atoms with Crippen molar-refractivity contribution in [2.24, 2.45) is 5.73 Å². The minimum Gasteiger partial charge on any atom is -0.372 e. The molecule has 10 heteroatoms. The fraction of sp³-hybridized carbons (Fsp3) is 0.308. The molecule has 0 bridgehead atoms. The van der Waals surface area contributed by atoms with E-state index in [-0.39, 0.29) is 29.7 Å². The number of fused-ring (bicyclic) bond motifs is 1. The molecule has 0 saturated carbocycles. The number of nitrogens with one attached hydrogen (secondary N) is 1. The van der Waals surface area contributed by atoms with Gasteiger partial charge in [0.15, 0.2) is 0 Å². The second kappa shape index (κ2) is 4.69. The highest BCUT2D eigenvalue weighted by Crippen LogP contribution is 2.33. The lowest BCUT2D eigenvalue weighted by Crippen LogP contribution is -2.50. The van der Waals surface area contributed by atoms with Gasteiger partial charge in [0.1, 0.15) is 11.3 Å². The fourth-order valence-electron chi connectivity index (χ4n) is 2.48. The number of aromatic amines is 1. The van der Waals surface area contributed by atoms with Crippen LogP contribution in [0.5, 0.6) is 0 Å². The Hall–Kier alpha value is -2.62. The second-order valence-electron chi connectivity index (χ2n) is 5.24. The van der Waals surface area contributed by atoms with E-state index >= 15 is 0 Å². The first-order chi connectivity index (χ1) is 10.6. The molecule has 3 heterocycles. The van der Waals surface area contributed by atoms with Crippen LogP contribution in [0.2, 0.25) is 0 Å². The van der Waals surface area contributed by atoms with E-state index in [0.29, 0.717) is 0 Å². The number of amides is 2. The summed E-state index contributed by atoms with van der Waals surface area (Å²) in [5.74, 6) is -2.09. The fourth-order valence-corrected chi connectivity index (χ4v) is 2.48. The predicted molar refractivity (Wildman–Crippen MR) is 72.2 cm³/mol. The first-order valence-electron chi connectivity index (χ1n) is 6.53. The Bertz CT molecular complexity index is 816. The zero-order valence-corrected chi connectivity index (χ0v) is 11.5. The van der Waals surface area contributed by atoms with E-state index in [9.17, 15) is 27.9 Å². The molecular formula is C13H11F3N4O3. The zero-order chi connectivity index (χ0) is 17.0. The Morgan fingerprint density at radius 1 is 1.43 bits per heavy atom. The Balaban J connectivity index is 1.99. The molecule has 1 saturated heterocycles. The molecule has 7 nitrogen and oxygen atoms in total. The van der Waals surface area contributed by atoms with Gasteiger partial charge in [-0.25, -0.2) is 4.98 Å². The molecule has 0 spiro atoms. The van der Waals surface area contributed by atoms with Crippen molar-refractivity contribution in [2.45, 2.75) is 18.2 Å². The Morgan fingerprint density at radius 2 is 2.13 bits per heavy atom. The van der Waals surface area contributed by atoms with Crippen molar-refractivity contribution in [3.05, 3.63) is 24.0 Å². The van der Waals surface area contributed by atoms with Gasteiger partial charge in [-0.2, -0.15) is 13.2 Å². The number of alkyl halides is 3. The van der Waals surface area contributed by atoms with Crippen molar-refractivity contribution in [2.75, 3.05) is 11.4 Å². The molecule has 0 aliphatic carbocycles. The Morgan fingerprint density at radius 3 is 2.70 bits per heavy atom. The van der Waals surface area contributed by atoms with Crippen LogP contribution in [0.1, 0.15) is 12.1 Å². The van der Waals surface area contributed by atoms with E-state index in [1.54, 1.807) is 0 Å². The quantitative estimate of drug-likeness (QED) is 0.698. The highest BCUT2D eigenvalue weighted by molar-refractivity contribution is 6.16. The number of hydrogen-bond acceptors (Lipinski definition) is 4. The number of nitrogens with two attached hydrogens (primary N) is 1. The van der Waals surface area contributed by atoms with Gasteiger partial charge in [0.05, 0.1) is 11.9 Å². The lowest BCUT2D eigenvalue weighted by molar-refractivity contribution is -0.147. The van der Waals surface area contributed by atoms with Crippen molar-refractivity contribution in [1.82, 2.24) is 9.97 Å². The van der Waals surface area contributed by atoms with Crippen LogP contribution >= 0.6 is 0 Å². The van der Waals surface area contributed by atoms with Crippen LogP contribution in [0, 0.1) is 0 Å². The molecular weight excluding hydrogens is 317 g/mol. The third-order valence-corrected chi connectivity index (χ3v) is 3.78. The zero-order valence-electron chi connectivity index (χ0n) is 11.5. The van der Waals surface area contributed by atoms with Crippen molar-refractivity contribution in [1.29, 1.82) is 0 Å². The summed E-state index contributed by atoms with van der Waals surface area (Å²) in [4.78, 5) is 30.4. The number of anilines is 1. The number of aliphatic hydroxyl groups is 1. The summed E-state index contributed by atoms with van der Waals surface area (Å²) in [6.07, 6.45) is -3.56. The second-order valence-corrected chi connectivity index (χ2v) is 5.24. The highest BCUT2D eigenvalue weighted by Gasteiger charge is 2.50. The largest absolute Gasteiger partial charge is 0.431 e. The number of carbonyl (C=O) groups excluding carboxylic acids is 2. The van der Waals surface area contributed by atoms with Gasteiger partial charge in [-0.3, -0.25) is 9.59 Å². The summed E-state index contributed by atoms with van der Waals surface area (Å²) in [5, 5.41) is 10.1. The number of primary amides is 1. The number of halogens is 3. The smallest absolute Gasteiger partial charge is 0.372 e. The molecule has 4 N–H and O–H groups in total. The lowest BCUT2D eigenvalue weighted by atomic mass is 10.0. The molecule has 2 amide bonds.